The molecule has 0 aliphatic heterocycles. The zero-order valence-corrected chi connectivity index (χ0v) is 8.73. The van der Waals surface area contributed by atoms with Crippen LogP contribution in [0.4, 0.5) is 11.4 Å². The van der Waals surface area contributed by atoms with E-state index in [-0.39, 0.29) is 5.69 Å². The summed E-state index contributed by atoms with van der Waals surface area (Å²) in [4.78, 5) is 13.9. The van der Waals surface area contributed by atoms with Crippen molar-refractivity contribution < 1.29 is 4.92 Å². The smallest absolute Gasteiger partial charge is 0.310 e. The third-order valence-electron chi connectivity index (χ3n) is 1.80. The van der Waals surface area contributed by atoms with E-state index in [1.165, 1.54) is 18.0 Å². The lowest BCUT2D eigenvalue weighted by molar-refractivity contribution is -0.384. The van der Waals surface area contributed by atoms with Gasteiger partial charge in [0.25, 0.3) is 0 Å². The molecule has 1 rings (SSSR count). The number of anilines is 1. The fourth-order valence-corrected chi connectivity index (χ4v) is 1.05. The van der Waals surface area contributed by atoms with Crippen molar-refractivity contribution in [2.75, 3.05) is 11.9 Å². The number of aromatic nitrogens is 1. The number of rotatable bonds is 4. The van der Waals surface area contributed by atoms with Crippen LogP contribution < -0.4 is 5.32 Å². The van der Waals surface area contributed by atoms with Gasteiger partial charge in [-0.1, -0.05) is 11.6 Å². The van der Waals surface area contributed by atoms with Crippen molar-refractivity contribution in [2.24, 2.45) is 0 Å². The molecule has 5 nitrogen and oxygen atoms in total. The van der Waals surface area contributed by atoms with E-state index >= 15 is 0 Å². The van der Waals surface area contributed by atoms with Crippen LogP contribution in [0.3, 0.4) is 0 Å². The number of nitrogens with one attached hydrogen (secondary N) is 1. The zero-order valence-electron chi connectivity index (χ0n) is 8.73. The van der Waals surface area contributed by atoms with Crippen molar-refractivity contribution in [3.05, 3.63) is 40.2 Å². The van der Waals surface area contributed by atoms with E-state index in [1.807, 2.05) is 19.9 Å². The lowest BCUT2D eigenvalue weighted by atomic mass is 10.3. The summed E-state index contributed by atoms with van der Waals surface area (Å²) in [6, 6.07) is 1.59. The van der Waals surface area contributed by atoms with Gasteiger partial charge in [0, 0.05) is 12.7 Å². The first-order valence-corrected chi connectivity index (χ1v) is 4.57. The van der Waals surface area contributed by atoms with Crippen LogP contribution in [0, 0.1) is 10.1 Å². The number of allylic oxidation sites excluding steroid dienone is 1. The van der Waals surface area contributed by atoms with E-state index < -0.39 is 4.92 Å². The first-order valence-electron chi connectivity index (χ1n) is 4.57. The fraction of sp³-hybridized carbons (Fsp3) is 0.300. The molecule has 0 saturated heterocycles. The molecule has 0 aliphatic rings. The van der Waals surface area contributed by atoms with Gasteiger partial charge in [0.15, 0.2) is 0 Å². The Balaban J connectivity index is 2.76. The largest absolute Gasteiger partial charge is 0.376 e. The lowest BCUT2D eigenvalue weighted by Crippen LogP contribution is -2.02. The van der Waals surface area contributed by atoms with Gasteiger partial charge < -0.3 is 5.32 Å². The summed E-state index contributed by atoms with van der Waals surface area (Å²) < 4.78 is 0. The van der Waals surface area contributed by atoms with Crippen molar-refractivity contribution in [1.82, 2.24) is 4.98 Å². The monoisotopic (exact) mass is 207 g/mol. The molecule has 1 N–H and O–H groups in total. The molecule has 0 aromatic carbocycles. The third kappa shape index (κ3) is 3.38. The molecule has 0 bridgehead atoms. The molecule has 1 heterocycles. The molecule has 5 heteroatoms. The summed E-state index contributed by atoms with van der Waals surface area (Å²) in [5.74, 6) is 0. The Morgan fingerprint density at radius 3 is 3.00 bits per heavy atom. The highest BCUT2D eigenvalue weighted by atomic mass is 16.6. The molecule has 80 valence electrons. The van der Waals surface area contributed by atoms with Gasteiger partial charge in [0.05, 0.1) is 4.92 Å². The van der Waals surface area contributed by atoms with Crippen molar-refractivity contribution in [3.63, 3.8) is 0 Å². The first kappa shape index (κ1) is 11.2. The van der Waals surface area contributed by atoms with E-state index in [2.05, 4.69) is 10.3 Å². The minimum absolute atomic E-state index is 0.000318. The molecule has 1 aromatic heterocycles. The van der Waals surface area contributed by atoms with Crippen LogP contribution in [0.15, 0.2) is 30.1 Å². The second kappa shape index (κ2) is 5.09. The number of hydrogen-bond donors (Lipinski definition) is 1. The van der Waals surface area contributed by atoms with Gasteiger partial charge in [-0.05, 0) is 19.9 Å². The number of nitrogens with zero attached hydrogens (tertiary/aromatic N) is 2. The Hall–Kier alpha value is -1.91. The maximum atomic E-state index is 10.6. The highest BCUT2D eigenvalue weighted by molar-refractivity contribution is 5.59. The van der Waals surface area contributed by atoms with Gasteiger partial charge in [-0.2, -0.15) is 0 Å². The van der Waals surface area contributed by atoms with Gasteiger partial charge >= 0.3 is 5.69 Å². The van der Waals surface area contributed by atoms with Gasteiger partial charge in [-0.3, -0.25) is 15.1 Å². The molecule has 0 amide bonds. The second-order valence-corrected chi connectivity index (χ2v) is 3.31. The Labute approximate surface area is 88.0 Å². The van der Waals surface area contributed by atoms with Crippen molar-refractivity contribution in [3.8, 4) is 0 Å². The molecule has 0 atom stereocenters. The Bertz CT molecular complexity index is 384. The normalized spacial score (nSPS) is 9.47. The lowest BCUT2D eigenvalue weighted by Gasteiger charge is -2.03. The molecule has 0 radical (unpaired) electrons. The fourth-order valence-electron chi connectivity index (χ4n) is 1.05. The Morgan fingerprint density at radius 2 is 2.40 bits per heavy atom. The zero-order chi connectivity index (χ0) is 11.3. The molecular formula is C10H13N3O2. The first-order chi connectivity index (χ1) is 7.11. The van der Waals surface area contributed by atoms with Crippen molar-refractivity contribution >= 4 is 11.4 Å². The summed E-state index contributed by atoms with van der Waals surface area (Å²) in [5, 5.41) is 13.6. The van der Waals surface area contributed by atoms with E-state index in [0.717, 1.165) is 0 Å². The van der Waals surface area contributed by atoms with Gasteiger partial charge in [0.2, 0.25) is 0 Å². The van der Waals surface area contributed by atoms with Crippen molar-refractivity contribution in [1.29, 1.82) is 0 Å². The molecule has 0 saturated carbocycles. The molecule has 15 heavy (non-hydrogen) atoms. The molecule has 1 aromatic rings. The van der Waals surface area contributed by atoms with Crippen LogP contribution in [-0.4, -0.2) is 16.5 Å². The van der Waals surface area contributed by atoms with Crippen LogP contribution in [-0.2, 0) is 0 Å². The minimum atomic E-state index is -0.447. The summed E-state index contributed by atoms with van der Waals surface area (Å²) >= 11 is 0. The highest BCUT2D eigenvalue weighted by Gasteiger charge is 2.11. The maximum Gasteiger partial charge on any atom is 0.310 e. The van der Waals surface area contributed by atoms with Crippen LogP contribution in [0.25, 0.3) is 0 Å². The van der Waals surface area contributed by atoms with Gasteiger partial charge in [-0.25, -0.2) is 0 Å². The predicted molar refractivity (Wildman–Crippen MR) is 58.8 cm³/mol. The van der Waals surface area contributed by atoms with E-state index in [1.54, 1.807) is 6.07 Å². The number of hydrogen-bond acceptors (Lipinski definition) is 4. The highest BCUT2D eigenvalue weighted by Crippen LogP contribution is 2.21. The van der Waals surface area contributed by atoms with Crippen LogP contribution in [0.5, 0.6) is 0 Å². The Kier molecular flexibility index (Phi) is 3.79. The molecule has 0 aliphatic carbocycles. The maximum absolute atomic E-state index is 10.6. The predicted octanol–water partition coefficient (Wildman–Crippen LogP) is 2.37. The van der Waals surface area contributed by atoms with Crippen LogP contribution in [0.2, 0.25) is 0 Å². The number of pyridine rings is 1. The molecule has 0 unspecified atom stereocenters. The minimum Gasteiger partial charge on any atom is -0.376 e. The van der Waals surface area contributed by atoms with E-state index in [4.69, 9.17) is 0 Å². The van der Waals surface area contributed by atoms with E-state index in [9.17, 15) is 10.1 Å². The summed E-state index contributed by atoms with van der Waals surface area (Å²) in [5.41, 5.74) is 1.66. The van der Waals surface area contributed by atoms with Crippen molar-refractivity contribution in [2.45, 2.75) is 13.8 Å². The van der Waals surface area contributed by atoms with Gasteiger partial charge in [0.1, 0.15) is 11.9 Å². The second-order valence-electron chi connectivity index (χ2n) is 3.31. The Morgan fingerprint density at radius 1 is 1.67 bits per heavy atom. The standard InChI is InChI=1S/C10H13N3O2/c1-8(2)3-6-12-9-4-5-11-7-10(9)13(14)15/h3-5,7H,6H2,1-2H3,(H,11,12). The SMILES string of the molecule is CC(C)=CCNc1ccncc1[N+](=O)[O-]. The molecule has 0 fully saturated rings. The third-order valence-corrected chi connectivity index (χ3v) is 1.80. The van der Waals surface area contributed by atoms with Crippen LogP contribution in [0.1, 0.15) is 13.8 Å². The molecule has 0 spiro atoms. The summed E-state index contributed by atoms with van der Waals surface area (Å²) in [7, 11) is 0. The summed E-state index contributed by atoms with van der Waals surface area (Å²) in [6.45, 7) is 4.53. The van der Waals surface area contributed by atoms with E-state index in [0.29, 0.717) is 12.2 Å². The topological polar surface area (TPSA) is 68.1 Å². The molecular weight excluding hydrogens is 194 g/mol. The van der Waals surface area contributed by atoms with Gasteiger partial charge in [-0.15, -0.1) is 0 Å². The average molecular weight is 207 g/mol. The average Bonchev–Trinajstić information content (AvgIpc) is 2.17. The quantitative estimate of drug-likeness (QED) is 0.467. The van der Waals surface area contributed by atoms with Crippen LogP contribution >= 0.6 is 0 Å². The summed E-state index contributed by atoms with van der Waals surface area (Å²) in [6.07, 6.45) is 4.73. The number of nitro groups is 1.